The summed E-state index contributed by atoms with van der Waals surface area (Å²) >= 11 is 0. The van der Waals surface area contributed by atoms with Crippen LogP contribution >= 0.6 is 0 Å². The zero-order chi connectivity index (χ0) is 12.8. The molecule has 94 valence electrons. The SMILES string of the molecule is COc1ccc(CCN(C)C(=O)CO)cc1C. The second kappa shape index (κ2) is 6.25. The first-order valence-electron chi connectivity index (χ1n) is 5.56. The van der Waals surface area contributed by atoms with Crippen molar-refractivity contribution < 1.29 is 14.6 Å². The number of aliphatic hydroxyl groups excluding tert-OH is 1. The Morgan fingerprint density at radius 3 is 2.71 bits per heavy atom. The quantitative estimate of drug-likeness (QED) is 0.831. The van der Waals surface area contributed by atoms with E-state index in [-0.39, 0.29) is 5.91 Å². The number of hydrogen-bond acceptors (Lipinski definition) is 3. The summed E-state index contributed by atoms with van der Waals surface area (Å²) < 4.78 is 5.18. The smallest absolute Gasteiger partial charge is 0.248 e. The highest BCUT2D eigenvalue weighted by atomic mass is 16.5. The molecule has 0 saturated heterocycles. The summed E-state index contributed by atoms with van der Waals surface area (Å²) in [5.41, 5.74) is 2.24. The Kier molecular flexibility index (Phi) is 4.97. The van der Waals surface area contributed by atoms with Crippen LogP contribution in [-0.2, 0) is 11.2 Å². The van der Waals surface area contributed by atoms with Crippen LogP contribution in [0.15, 0.2) is 18.2 Å². The minimum atomic E-state index is -0.432. The summed E-state index contributed by atoms with van der Waals surface area (Å²) in [6, 6.07) is 5.97. The van der Waals surface area contributed by atoms with Crippen LogP contribution in [0, 0.1) is 6.92 Å². The fraction of sp³-hybridized carbons (Fsp3) is 0.462. The lowest BCUT2D eigenvalue weighted by molar-refractivity contribution is -0.132. The van der Waals surface area contributed by atoms with Crippen molar-refractivity contribution in [1.29, 1.82) is 0 Å². The minimum absolute atomic E-state index is 0.254. The molecule has 0 fully saturated rings. The third-order valence-electron chi connectivity index (χ3n) is 2.76. The molecule has 1 aromatic carbocycles. The van der Waals surface area contributed by atoms with E-state index in [2.05, 4.69) is 6.07 Å². The number of amides is 1. The Labute approximate surface area is 102 Å². The van der Waals surface area contributed by atoms with E-state index < -0.39 is 6.61 Å². The first kappa shape index (κ1) is 13.5. The Hall–Kier alpha value is -1.55. The number of ether oxygens (including phenoxy) is 1. The van der Waals surface area contributed by atoms with E-state index in [4.69, 9.17) is 9.84 Å². The third-order valence-corrected chi connectivity index (χ3v) is 2.76. The second-order valence-electron chi connectivity index (χ2n) is 4.03. The van der Waals surface area contributed by atoms with Crippen LogP contribution in [0.5, 0.6) is 5.75 Å². The number of carbonyl (C=O) groups excluding carboxylic acids is 1. The molecule has 0 aliphatic rings. The number of benzene rings is 1. The minimum Gasteiger partial charge on any atom is -0.496 e. The molecular weight excluding hydrogens is 218 g/mol. The molecule has 1 rings (SSSR count). The molecule has 1 aromatic rings. The van der Waals surface area contributed by atoms with Crippen molar-refractivity contribution in [3.63, 3.8) is 0 Å². The average molecular weight is 237 g/mol. The fourth-order valence-corrected chi connectivity index (χ4v) is 1.64. The number of methoxy groups -OCH3 is 1. The first-order chi connectivity index (χ1) is 8.08. The number of likely N-dealkylation sites (N-methyl/N-ethyl adjacent to an activating group) is 1. The van der Waals surface area contributed by atoms with Crippen molar-refractivity contribution in [2.24, 2.45) is 0 Å². The zero-order valence-electron chi connectivity index (χ0n) is 10.6. The number of aryl methyl sites for hydroxylation is 1. The van der Waals surface area contributed by atoms with Gasteiger partial charge in [0.05, 0.1) is 7.11 Å². The highest BCUT2D eigenvalue weighted by molar-refractivity contribution is 5.76. The van der Waals surface area contributed by atoms with Gasteiger partial charge in [-0.3, -0.25) is 4.79 Å². The first-order valence-corrected chi connectivity index (χ1v) is 5.56. The lowest BCUT2D eigenvalue weighted by Crippen LogP contribution is -2.31. The molecule has 0 aliphatic carbocycles. The predicted molar refractivity (Wildman–Crippen MR) is 66.2 cm³/mol. The molecule has 4 nitrogen and oxygen atoms in total. The summed E-state index contributed by atoms with van der Waals surface area (Å²) in [7, 11) is 3.34. The third kappa shape index (κ3) is 3.75. The highest BCUT2D eigenvalue weighted by Gasteiger charge is 2.07. The molecule has 4 heteroatoms. The Bertz CT molecular complexity index is 390. The Morgan fingerprint density at radius 1 is 1.47 bits per heavy atom. The van der Waals surface area contributed by atoms with Crippen molar-refractivity contribution >= 4 is 5.91 Å². The van der Waals surface area contributed by atoms with Gasteiger partial charge >= 0.3 is 0 Å². The monoisotopic (exact) mass is 237 g/mol. The van der Waals surface area contributed by atoms with Gasteiger partial charge in [-0.1, -0.05) is 12.1 Å². The number of hydrogen-bond donors (Lipinski definition) is 1. The molecular formula is C13H19NO3. The topological polar surface area (TPSA) is 49.8 Å². The summed E-state index contributed by atoms with van der Waals surface area (Å²) in [5, 5.41) is 8.71. The van der Waals surface area contributed by atoms with Crippen LogP contribution in [0.4, 0.5) is 0 Å². The van der Waals surface area contributed by atoms with Gasteiger partial charge in [0, 0.05) is 13.6 Å². The van der Waals surface area contributed by atoms with Gasteiger partial charge in [0.15, 0.2) is 0 Å². The molecule has 0 bridgehead atoms. The number of rotatable bonds is 5. The van der Waals surface area contributed by atoms with Crippen molar-refractivity contribution in [2.75, 3.05) is 27.3 Å². The normalized spacial score (nSPS) is 10.1. The maximum absolute atomic E-state index is 11.2. The van der Waals surface area contributed by atoms with Gasteiger partial charge in [0.2, 0.25) is 5.91 Å². The molecule has 0 heterocycles. The Balaban J connectivity index is 2.58. The second-order valence-corrected chi connectivity index (χ2v) is 4.03. The van der Waals surface area contributed by atoms with E-state index in [1.807, 2.05) is 19.1 Å². The molecule has 1 N–H and O–H groups in total. The highest BCUT2D eigenvalue weighted by Crippen LogP contribution is 2.18. The number of carbonyl (C=O) groups is 1. The molecule has 0 atom stereocenters. The summed E-state index contributed by atoms with van der Waals surface area (Å²) in [6.45, 7) is 2.16. The maximum atomic E-state index is 11.2. The van der Waals surface area contributed by atoms with Crippen LogP contribution in [0.3, 0.4) is 0 Å². The standard InChI is InChI=1S/C13H19NO3/c1-10-8-11(4-5-12(10)17-3)6-7-14(2)13(16)9-15/h4-5,8,15H,6-7,9H2,1-3H3. The van der Waals surface area contributed by atoms with E-state index in [0.29, 0.717) is 6.54 Å². The molecule has 0 radical (unpaired) electrons. The van der Waals surface area contributed by atoms with Crippen LogP contribution < -0.4 is 4.74 Å². The van der Waals surface area contributed by atoms with E-state index in [1.54, 1.807) is 14.2 Å². The maximum Gasteiger partial charge on any atom is 0.248 e. The molecule has 0 aliphatic heterocycles. The summed E-state index contributed by atoms with van der Waals surface area (Å²) in [6.07, 6.45) is 0.771. The van der Waals surface area contributed by atoms with Gasteiger partial charge in [-0.15, -0.1) is 0 Å². The van der Waals surface area contributed by atoms with Crippen molar-refractivity contribution in [1.82, 2.24) is 4.90 Å². The van der Waals surface area contributed by atoms with Crippen LogP contribution in [-0.4, -0.2) is 43.2 Å². The number of nitrogens with zero attached hydrogens (tertiary/aromatic N) is 1. The Morgan fingerprint density at radius 2 is 2.18 bits per heavy atom. The van der Waals surface area contributed by atoms with Gasteiger partial charge < -0.3 is 14.7 Å². The van der Waals surface area contributed by atoms with E-state index in [1.165, 1.54) is 4.90 Å². The zero-order valence-corrected chi connectivity index (χ0v) is 10.6. The van der Waals surface area contributed by atoms with E-state index in [9.17, 15) is 4.79 Å². The van der Waals surface area contributed by atoms with Gasteiger partial charge in [-0.25, -0.2) is 0 Å². The average Bonchev–Trinajstić information content (AvgIpc) is 2.35. The predicted octanol–water partition coefficient (Wildman–Crippen LogP) is 0.997. The molecule has 0 unspecified atom stereocenters. The van der Waals surface area contributed by atoms with Crippen molar-refractivity contribution in [3.8, 4) is 5.75 Å². The van der Waals surface area contributed by atoms with Crippen molar-refractivity contribution in [2.45, 2.75) is 13.3 Å². The van der Waals surface area contributed by atoms with E-state index >= 15 is 0 Å². The lowest BCUT2D eigenvalue weighted by Gasteiger charge is -2.16. The van der Waals surface area contributed by atoms with Gasteiger partial charge in [0.1, 0.15) is 12.4 Å². The van der Waals surface area contributed by atoms with Gasteiger partial charge in [-0.05, 0) is 30.5 Å². The molecule has 17 heavy (non-hydrogen) atoms. The van der Waals surface area contributed by atoms with Gasteiger partial charge in [-0.2, -0.15) is 0 Å². The summed E-state index contributed by atoms with van der Waals surface area (Å²) in [5.74, 6) is 0.615. The molecule has 1 amide bonds. The molecule has 0 spiro atoms. The van der Waals surface area contributed by atoms with E-state index in [0.717, 1.165) is 23.3 Å². The van der Waals surface area contributed by atoms with Crippen LogP contribution in [0.1, 0.15) is 11.1 Å². The largest absolute Gasteiger partial charge is 0.496 e. The van der Waals surface area contributed by atoms with Crippen molar-refractivity contribution in [3.05, 3.63) is 29.3 Å². The van der Waals surface area contributed by atoms with Crippen LogP contribution in [0.2, 0.25) is 0 Å². The fourth-order valence-electron chi connectivity index (χ4n) is 1.64. The number of aliphatic hydroxyl groups is 1. The lowest BCUT2D eigenvalue weighted by atomic mass is 10.1. The van der Waals surface area contributed by atoms with Crippen LogP contribution in [0.25, 0.3) is 0 Å². The summed E-state index contributed by atoms with van der Waals surface area (Å²) in [4.78, 5) is 12.7. The molecule has 0 saturated carbocycles. The van der Waals surface area contributed by atoms with Gasteiger partial charge in [0.25, 0.3) is 0 Å². The molecule has 0 aromatic heterocycles.